The first-order valence-corrected chi connectivity index (χ1v) is 9.94. The monoisotopic (exact) mass is 406 g/mol. The Bertz CT molecular complexity index is 1460. The molecule has 0 spiro atoms. The largest absolute Gasteiger partial charge is 0.0610 e. The summed E-state index contributed by atoms with van der Waals surface area (Å²) in [4.78, 5) is 0. The van der Waals surface area contributed by atoms with Gasteiger partial charge in [0.05, 0.1) is 0 Å². The topological polar surface area (TPSA) is 0 Å². The van der Waals surface area contributed by atoms with Gasteiger partial charge in [-0.15, -0.1) is 0 Å². The molecule has 0 radical (unpaired) electrons. The quantitative estimate of drug-likeness (QED) is 0.241. The summed E-state index contributed by atoms with van der Waals surface area (Å²) in [6, 6.07) is 33.2. The summed E-state index contributed by atoms with van der Waals surface area (Å²) in [7, 11) is 0. The Labute approximate surface area is 165 Å². The summed E-state index contributed by atoms with van der Waals surface area (Å²) < 4.78 is 1.14. The van der Waals surface area contributed by atoms with Crippen molar-refractivity contribution >= 4 is 59.0 Å². The van der Waals surface area contributed by atoms with E-state index < -0.39 is 0 Å². The molecule has 0 saturated carbocycles. The lowest BCUT2D eigenvalue weighted by molar-refractivity contribution is 1.68. The van der Waals surface area contributed by atoms with E-state index in [2.05, 4.69) is 107 Å². The minimum absolute atomic E-state index is 1.14. The number of fused-ring (bicyclic) bond motifs is 1. The normalized spacial score (nSPS) is 11.9. The third-order valence-corrected chi connectivity index (χ3v) is 6.36. The number of halogens is 1. The van der Waals surface area contributed by atoms with Crippen LogP contribution in [-0.2, 0) is 0 Å². The molecule has 0 bridgehead atoms. The van der Waals surface area contributed by atoms with Gasteiger partial charge in [0.25, 0.3) is 0 Å². The molecule has 0 fully saturated rings. The Hall–Kier alpha value is -2.90. The third-order valence-electron chi connectivity index (χ3n) is 5.67. The first-order valence-electron chi connectivity index (χ1n) is 9.15. The molecule has 1 heteroatoms. The molecule has 0 aromatic heterocycles. The first-order chi connectivity index (χ1) is 13.3. The molecule has 0 N–H and O–H groups in total. The van der Waals surface area contributed by atoms with Crippen LogP contribution in [0, 0.1) is 0 Å². The van der Waals surface area contributed by atoms with E-state index >= 15 is 0 Å². The molecule has 6 aromatic rings. The highest BCUT2D eigenvalue weighted by Crippen LogP contribution is 2.40. The van der Waals surface area contributed by atoms with Crippen molar-refractivity contribution in [3.8, 4) is 11.1 Å². The van der Waals surface area contributed by atoms with Crippen molar-refractivity contribution in [2.45, 2.75) is 0 Å². The van der Waals surface area contributed by atoms with Crippen LogP contribution in [0.15, 0.2) is 95.5 Å². The van der Waals surface area contributed by atoms with E-state index in [9.17, 15) is 0 Å². The Morgan fingerprint density at radius 1 is 0.481 bits per heavy atom. The minimum Gasteiger partial charge on any atom is -0.0610 e. The van der Waals surface area contributed by atoms with E-state index in [1.54, 1.807) is 0 Å². The summed E-state index contributed by atoms with van der Waals surface area (Å²) >= 11 is 3.66. The van der Waals surface area contributed by atoms with E-state index in [4.69, 9.17) is 0 Å². The lowest BCUT2D eigenvalue weighted by atomic mass is 9.89. The van der Waals surface area contributed by atoms with Crippen LogP contribution in [0.2, 0.25) is 0 Å². The Morgan fingerprint density at radius 2 is 1.11 bits per heavy atom. The molecule has 6 rings (SSSR count). The molecule has 0 heterocycles. The molecule has 0 aliphatic carbocycles. The summed E-state index contributed by atoms with van der Waals surface area (Å²) in [5.74, 6) is 0. The van der Waals surface area contributed by atoms with Gasteiger partial charge in [-0.25, -0.2) is 0 Å². The lowest BCUT2D eigenvalue weighted by Crippen LogP contribution is -1.87. The predicted octanol–water partition coefficient (Wildman–Crippen LogP) is 8.17. The molecule has 27 heavy (non-hydrogen) atoms. The number of hydrogen-bond acceptors (Lipinski definition) is 0. The molecular formula is C26H15Br. The molecule has 0 aliphatic rings. The summed E-state index contributed by atoms with van der Waals surface area (Å²) in [5, 5.41) is 10.5. The van der Waals surface area contributed by atoms with Gasteiger partial charge in [0, 0.05) is 4.47 Å². The second kappa shape index (κ2) is 5.55. The van der Waals surface area contributed by atoms with Crippen molar-refractivity contribution in [3.05, 3.63) is 95.5 Å². The number of benzene rings is 6. The van der Waals surface area contributed by atoms with Crippen molar-refractivity contribution < 1.29 is 0 Å². The zero-order chi connectivity index (χ0) is 18.0. The van der Waals surface area contributed by atoms with E-state index in [-0.39, 0.29) is 0 Å². The van der Waals surface area contributed by atoms with Gasteiger partial charge in [0.2, 0.25) is 0 Å². The smallest absolute Gasteiger partial charge is 0.0253 e. The summed E-state index contributed by atoms with van der Waals surface area (Å²) in [6.45, 7) is 0. The van der Waals surface area contributed by atoms with Gasteiger partial charge in [0.15, 0.2) is 0 Å². The van der Waals surface area contributed by atoms with Crippen molar-refractivity contribution in [1.82, 2.24) is 0 Å². The summed E-state index contributed by atoms with van der Waals surface area (Å²) in [5.41, 5.74) is 2.56. The second-order valence-corrected chi connectivity index (χ2v) is 8.00. The first kappa shape index (κ1) is 15.2. The molecule has 0 atom stereocenters. The third kappa shape index (κ3) is 2.15. The molecule has 0 saturated heterocycles. The van der Waals surface area contributed by atoms with E-state index in [1.807, 2.05) is 0 Å². The second-order valence-electron chi connectivity index (χ2n) is 7.14. The Balaban J connectivity index is 1.73. The maximum absolute atomic E-state index is 3.66. The van der Waals surface area contributed by atoms with Gasteiger partial charge < -0.3 is 0 Å². The Kier molecular flexibility index (Phi) is 3.12. The SMILES string of the molecule is Brc1cccc2cc(-c3ccc4ccc5cccc6ccc3c4c56)ccc12. The molecular weight excluding hydrogens is 392 g/mol. The van der Waals surface area contributed by atoms with Crippen LogP contribution in [0.5, 0.6) is 0 Å². The van der Waals surface area contributed by atoms with Gasteiger partial charge in [0.1, 0.15) is 0 Å². The van der Waals surface area contributed by atoms with Gasteiger partial charge >= 0.3 is 0 Å². The zero-order valence-electron chi connectivity index (χ0n) is 14.5. The van der Waals surface area contributed by atoms with Crippen molar-refractivity contribution in [2.75, 3.05) is 0 Å². The van der Waals surface area contributed by atoms with Gasteiger partial charge in [-0.3, -0.25) is 0 Å². The average molecular weight is 407 g/mol. The van der Waals surface area contributed by atoms with Gasteiger partial charge in [-0.2, -0.15) is 0 Å². The van der Waals surface area contributed by atoms with Crippen LogP contribution in [0.4, 0.5) is 0 Å². The van der Waals surface area contributed by atoms with Gasteiger partial charge in [-0.1, -0.05) is 94.8 Å². The highest BCUT2D eigenvalue weighted by Gasteiger charge is 2.12. The molecule has 0 nitrogen and oxygen atoms in total. The average Bonchev–Trinajstić information content (AvgIpc) is 2.72. The van der Waals surface area contributed by atoms with E-state index in [0.717, 1.165) is 4.47 Å². The van der Waals surface area contributed by atoms with Gasteiger partial charge in [-0.05, 0) is 66.3 Å². The number of hydrogen-bond donors (Lipinski definition) is 0. The van der Waals surface area contributed by atoms with Crippen LogP contribution in [0.3, 0.4) is 0 Å². The molecule has 0 aliphatic heterocycles. The standard InChI is InChI=1S/C26H15Br/c27-24-6-2-5-19-15-20(11-13-22(19)24)21-12-9-18-8-7-16-3-1-4-17-10-14-23(21)26(18)25(16)17/h1-15H. The fraction of sp³-hybridized carbons (Fsp3) is 0. The van der Waals surface area contributed by atoms with Crippen LogP contribution < -0.4 is 0 Å². The van der Waals surface area contributed by atoms with Crippen molar-refractivity contribution in [2.24, 2.45) is 0 Å². The van der Waals surface area contributed by atoms with Crippen LogP contribution in [0.25, 0.3) is 54.2 Å². The predicted molar refractivity (Wildman–Crippen MR) is 121 cm³/mol. The summed E-state index contributed by atoms with van der Waals surface area (Å²) in [6.07, 6.45) is 0. The molecule has 0 unspecified atom stereocenters. The van der Waals surface area contributed by atoms with Crippen LogP contribution in [0.1, 0.15) is 0 Å². The number of rotatable bonds is 1. The molecule has 0 amide bonds. The fourth-order valence-electron chi connectivity index (χ4n) is 4.40. The van der Waals surface area contributed by atoms with Crippen molar-refractivity contribution in [3.63, 3.8) is 0 Å². The maximum atomic E-state index is 3.66. The maximum Gasteiger partial charge on any atom is 0.0253 e. The van der Waals surface area contributed by atoms with Crippen LogP contribution in [-0.4, -0.2) is 0 Å². The van der Waals surface area contributed by atoms with E-state index in [0.29, 0.717) is 0 Å². The highest BCUT2D eigenvalue weighted by molar-refractivity contribution is 9.10. The van der Waals surface area contributed by atoms with Crippen molar-refractivity contribution in [1.29, 1.82) is 0 Å². The fourth-order valence-corrected chi connectivity index (χ4v) is 4.91. The Morgan fingerprint density at radius 3 is 1.96 bits per heavy atom. The lowest BCUT2D eigenvalue weighted by Gasteiger charge is -2.14. The molecule has 126 valence electrons. The molecule has 6 aromatic carbocycles. The van der Waals surface area contributed by atoms with Crippen LogP contribution >= 0.6 is 15.9 Å². The van der Waals surface area contributed by atoms with E-state index in [1.165, 1.54) is 54.2 Å². The minimum atomic E-state index is 1.14. The highest BCUT2D eigenvalue weighted by atomic mass is 79.9. The zero-order valence-corrected chi connectivity index (χ0v) is 16.1.